The van der Waals surface area contributed by atoms with E-state index in [0.29, 0.717) is 0 Å². The quantitative estimate of drug-likeness (QED) is 0.345. The summed E-state index contributed by atoms with van der Waals surface area (Å²) < 4.78 is 0. The maximum atomic E-state index is 5.38. The van der Waals surface area contributed by atoms with Crippen molar-refractivity contribution in [1.29, 1.82) is 0 Å². The molecule has 0 aromatic carbocycles. The number of alkyl halides is 1. The zero-order chi connectivity index (χ0) is 8.95. The maximum Gasteiger partial charge on any atom is 0.0223 e. The predicted octanol–water partition coefficient (Wildman–Crippen LogP) is 3.84. The topological polar surface area (TPSA) is 0 Å². The molecule has 0 aromatic rings. The first-order valence-electron chi connectivity index (χ1n) is 4.32. The van der Waals surface area contributed by atoms with Crippen molar-refractivity contribution < 1.29 is 0 Å². The Labute approximate surface area is 76.3 Å². The summed E-state index contributed by atoms with van der Waals surface area (Å²) in [7, 11) is 0. The Balaban J connectivity index is 0. The summed E-state index contributed by atoms with van der Waals surface area (Å²) in [4.78, 5) is 0. The van der Waals surface area contributed by atoms with Gasteiger partial charge in [-0.3, -0.25) is 0 Å². The largest absolute Gasteiger partial charge is 0.127 e. The van der Waals surface area contributed by atoms with Gasteiger partial charge in [-0.25, -0.2) is 0 Å². The minimum atomic E-state index is 0.827. The number of rotatable bonds is 4. The van der Waals surface area contributed by atoms with E-state index in [-0.39, 0.29) is 0 Å². The van der Waals surface area contributed by atoms with Crippen molar-refractivity contribution in [2.24, 2.45) is 0 Å². The second kappa shape index (κ2) is 16.4. The van der Waals surface area contributed by atoms with Crippen LogP contribution in [0.4, 0.5) is 0 Å². The van der Waals surface area contributed by atoms with Crippen LogP contribution in [0.15, 0.2) is 0 Å². The molecule has 0 radical (unpaired) electrons. The molecule has 0 unspecified atom stereocenters. The van der Waals surface area contributed by atoms with Crippen molar-refractivity contribution in [3.05, 3.63) is 0 Å². The summed E-state index contributed by atoms with van der Waals surface area (Å²) in [5.74, 6) is 3.34. The third-order valence-corrected chi connectivity index (χ3v) is 1.40. The van der Waals surface area contributed by atoms with Crippen LogP contribution < -0.4 is 0 Å². The third kappa shape index (κ3) is 25.8. The molecule has 11 heavy (non-hydrogen) atoms. The van der Waals surface area contributed by atoms with E-state index in [2.05, 4.69) is 19.8 Å². The first kappa shape index (κ1) is 13.4. The molecule has 0 saturated carbocycles. The fraction of sp³-hybridized carbons (Fsp3) is 0.800. The van der Waals surface area contributed by atoms with Crippen molar-refractivity contribution in [3.63, 3.8) is 0 Å². The van der Waals surface area contributed by atoms with Crippen LogP contribution in [0, 0.1) is 12.3 Å². The summed E-state index contributed by atoms with van der Waals surface area (Å²) >= 11 is 5.38. The third-order valence-electron chi connectivity index (χ3n) is 1.13. The van der Waals surface area contributed by atoms with Gasteiger partial charge >= 0.3 is 0 Å². The molecule has 0 nitrogen and oxygen atoms in total. The van der Waals surface area contributed by atoms with Gasteiger partial charge in [-0.1, -0.05) is 26.7 Å². The number of terminal acetylenes is 1. The van der Waals surface area contributed by atoms with Crippen LogP contribution in [0.1, 0.15) is 46.0 Å². The molecule has 0 aromatic heterocycles. The number of hydrogen-bond donors (Lipinski definition) is 0. The standard InChI is InChI=1S/C5H11Cl.C5H8/c1-2-3-4-5-6;1-3-5-4-2/h2-5H2,1H3;1H,4-5H2,2H3. The molecule has 0 aliphatic heterocycles. The van der Waals surface area contributed by atoms with Crippen molar-refractivity contribution in [2.45, 2.75) is 46.0 Å². The molecule has 0 aliphatic carbocycles. The normalized spacial score (nSPS) is 7.82. The lowest BCUT2D eigenvalue weighted by Gasteiger charge is -1.84. The number of unbranched alkanes of at least 4 members (excludes halogenated alkanes) is 3. The Morgan fingerprint density at radius 2 is 1.82 bits per heavy atom. The van der Waals surface area contributed by atoms with Gasteiger partial charge in [0.25, 0.3) is 0 Å². The second-order valence-electron chi connectivity index (χ2n) is 2.35. The van der Waals surface area contributed by atoms with Gasteiger partial charge in [0.05, 0.1) is 0 Å². The average molecular weight is 175 g/mol. The van der Waals surface area contributed by atoms with Crippen molar-refractivity contribution >= 4 is 11.6 Å². The molecule has 0 rings (SSSR count). The van der Waals surface area contributed by atoms with E-state index < -0.39 is 0 Å². The minimum absolute atomic E-state index is 0.827. The van der Waals surface area contributed by atoms with E-state index >= 15 is 0 Å². The van der Waals surface area contributed by atoms with Gasteiger partial charge in [0.1, 0.15) is 0 Å². The average Bonchev–Trinajstić information content (AvgIpc) is 2.04. The van der Waals surface area contributed by atoms with Gasteiger partial charge in [-0.2, -0.15) is 0 Å². The smallest absolute Gasteiger partial charge is 0.0223 e. The van der Waals surface area contributed by atoms with Crippen LogP contribution >= 0.6 is 11.6 Å². The van der Waals surface area contributed by atoms with Gasteiger partial charge in [0, 0.05) is 12.3 Å². The van der Waals surface area contributed by atoms with E-state index in [1.165, 1.54) is 19.3 Å². The fourth-order valence-electron chi connectivity index (χ4n) is 0.489. The van der Waals surface area contributed by atoms with E-state index in [9.17, 15) is 0 Å². The molecule has 0 heterocycles. The van der Waals surface area contributed by atoms with Crippen LogP contribution in [0.5, 0.6) is 0 Å². The van der Waals surface area contributed by atoms with Crippen LogP contribution in [0.3, 0.4) is 0 Å². The first-order chi connectivity index (χ1) is 5.33. The molecule has 66 valence electrons. The van der Waals surface area contributed by atoms with Crippen LogP contribution in [0.25, 0.3) is 0 Å². The molecule has 0 amide bonds. The van der Waals surface area contributed by atoms with Gasteiger partial charge < -0.3 is 0 Å². The highest BCUT2D eigenvalue weighted by Gasteiger charge is 1.76. The van der Waals surface area contributed by atoms with Crippen molar-refractivity contribution in [2.75, 3.05) is 5.88 Å². The lowest BCUT2D eigenvalue weighted by atomic mass is 10.3. The van der Waals surface area contributed by atoms with Crippen LogP contribution in [0.2, 0.25) is 0 Å². The van der Waals surface area contributed by atoms with Crippen molar-refractivity contribution in [1.82, 2.24) is 0 Å². The summed E-state index contributed by atoms with van der Waals surface area (Å²) in [6, 6.07) is 0. The number of halogens is 1. The van der Waals surface area contributed by atoms with E-state index in [1.807, 2.05) is 0 Å². The second-order valence-corrected chi connectivity index (χ2v) is 2.73. The van der Waals surface area contributed by atoms with Crippen molar-refractivity contribution in [3.8, 4) is 12.3 Å². The molecule has 0 aliphatic rings. The van der Waals surface area contributed by atoms with Gasteiger partial charge in [-0.15, -0.1) is 23.9 Å². The molecular formula is C10H19Cl. The lowest BCUT2D eigenvalue weighted by Crippen LogP contribution is -1.70. The highest BCUT2D eigenvalue weighted by atomic mass is 35.5. The minimum Gasteiger partial charge on any atom is -0.127 e. The lowest BCUT2D eigenvalue weighted by molar-refractivity contribution is 0.776. The number of hydrogen-bond acceptors (Lipinski definition) is 0. The van der Waals surface area contributed by atoms with Gasteiger partial charge in [-0.05, 0) is 12.8 Å². The molecular weight excluding hydrogens is 156 g/mol. The SMILES string of the molecule is C#CCCC.CCCCCCl. The molecule has 0 saturated heterocycles. The van der Waals surface area contributed by atoms with Crippen LogP contribution in [-0.2, 0) is 0 Å². The van der Waals surface area contributed by atoms with Crippen LogP contribution in [-0.4, -0.2) is 5.88 Å². The van der Waals surface area contributed by atoms with Gasteiger partial charge in [0.15, 0.2) is 0 Å². The summed E-state index contributed by atoms with van der Waals surface area (Å²) in [5, 5.41) is 0. The Bertz CT molecular complexity index is 77.4. The Kier molecular flexibility index (Phi) is 20.1. The zero-order valence-electron chi connectivity index (χ0n) is 7.70. The molecule has 0 fully saturated rings. The Morgan fingerprint density at radius 3 is 1.91 bits per heavy atom. The summed E-state index contributed by atoms with van der Waals surface area (Å²) in [5.41, 5.74) is 0. The molecule has 0 spiro atoms. The molecule has 0 N–H and O–H groups in total. The Morgan fingerprint density at radius 1 is 1.18 bits per heavy atom. The van der Waals surface area contributed by atoms with E-state index in [4.69, 9.17) is 18.0 Å². The predicted molar refractivity (Wildman–Crippen MR) is 54.0 cm³/mol. The highest BCUT2D eigenvalue weighted by Crippen LogP contribution is 1.93. The summed E-state index contributed by atoms with van der Waals surface area (Å²) in [6.45, 7) is 4.24. The fourth-order valence-corrected chi connectivity index (χ4v) is 0.678. The molecule has 0 atom stereocenters. The van der Waals surface area contributed by atoms with E-state index in [1.54, 1.807) is 0 Å². The van der Waals surface area contributed by atoms with E-state index in [0.717, 1.165) is 18.7 Å². The monoisotopic (exact) mass is 174 g/mol. The molecule has 1 heteroatoms. The first-order valence-corrected chi connectivity index (χ1v) is 4.86. The van der Waals surface area contributed by atoms with Gasteiger partial charge in [0.2, 0.25) is 0 Å². The zero-order valence-corrected chi connectivity index (χ0v) is 8.45. The molecule has 0 bridgehead atoms. The summed E-state index contributed by atoms with van der Waals surface area (Å²) in [6.07, 6.45) is 10.6. The highest BCUT2D eigenvalue weighted by molar-refractivity contribution is 6.17. The Hall–Kier alpha value is -0.150. The maximum absolute atomic E-state index is 5.38.